The summed E-state index contributed by atoms with van der Waals surface area (Å²) in [6, 6.07) is 8.11. The van der Waals surface area contributed by atoms with Crippen LogP contribution < -0.4 is 10.6 Å². The van der Waals surface area contributed by atoms with Crippen molar-refractivity contribution < 1.29 is 4.52 Å². The lowest BCUT2D eigenvalue weighted by Gasteiger charge is -2.09. The fourth-order valence-corrected chi connectivity index (χ4v) is 2.41. The van der Waals surface area contributed by atoms with E-state index in [9.17, 15) is 0 Å². The van der Waals surface area contributed by atoms with E-state index in [0.717, 1.165) is 25.1 Å². The predicted octanol–water partition coefficient (Wildman–Crippen LogP) is 1.84. The van der Waals surface area contributed by atoms with Crippen LogP contribution in [-0.2, 0) is 6.42 Å². The highest BCUT2D eigenvalue weighted by atomic mass is 16.5. The number of anilines is 1. The molecule has 5 heteroatoms. The monoisotopic (exact) mass is 258 g/mol. The summed E-state index contributed by atoms with van der Waals surface area (Å²) in [4.78, 5) is 6.64. The van der Waals surface area contributed by atoms with Gasteiger partial charge in [-0.2, -0.15) is 4.98 Å². The third-order valence-electron chi connectivity index (χ3n) is 3.41. The maximum Gasteiger partial charge on any atom is 0.266 e. The van der Waals surface area contributed by atoms with Crippen molar-refractivity contribution in [1.29, 1.82) is 0 Å². The summed E-state index contributed by atoms with van der Waals surface area (Å²) in [5.74, 6) is 1.29. The molecule has 0 bridgehead atoms. The van der Waals surface area contributed by atoms with Crippen molar-refractivity contribution in [3.8, 4) is 11.5 Å². The van der Waals surface area contributed by atoms with Gasteiger partial charge in [0.1, 0.15) is 0 Å². The third-order valence-corrected chi connectivity index (χ3v) is 3.41. The fourth-order valence-electron chi connectivity index (χ4n) is 2.41. The molecular weight excluding hydrogens is 240 g/mol. The third kappa shape index (κ3) is 2.61. The quantitative estimate of drug-likeness (QED) is 0.906. The standard InChI is InChI=1S/C14H18N4O/c15-7-6-11-4-3-5-12(10-11)13-16-14(17-19-13)18-8-1-2-9-18/h3-5,10H,1-2,6-9,15H2. The van der Waals surface area contributed by atoms with Crippen LogP contribution >= 0.6 is 0 Å². The van der Waals surface area contributed by atoms with E-state index in [1.807, 2.05) is 12.1 Å². The van der Waals surface area contributed by atoms with Crippen LogP contribution in [-0.4, -0.2) is 29.8 Å². The molecule has 3 rings (SSSR count). The van der Waals surface area contributed by atoms with Crippen molar-refractivity contribution in [3.63, 3.8) is 0 Å². The molecule has 2 heterocycles. The Bertz CT molecular complexity index is 546. The van der Waals surface area contributed by atoms with Crippen molar-refractivity contribution in [3.05, 3.63) is 29.8 Å². The highest BCUT2D eigenvalue weighted by molar-refractivity contribution is 5.55. The molecule has 1 fully saturated rings. The van der Waals surface area contributed by atoms with Crippen LogP contribution in [0.2, 0.25) is 0 Å². The van der Waals surface area contributed by atoms with E-state index in [-0.39, 0.29) is 0 Å². The van der Waals surface area contributed by atoms with Crippen LogP contribution in [0.1, 0.15) is 18.4 Å². The molecule has 5 nitrogen and oxygen atoms in total. The average Bonchev–Trinajstić information content (AvgIpc) is 3.11. The van der Waals surface area contributed by atoms with Crippen LogP contribution in [0.3, 0.4) is 0 Å². The molecule has 19 heavy (non-hydrogen) atoms. The van der Waals surface area contributed by atoms with Gasteiger partial charge in [-0.15, -0.1) is 0 Å². The molecule has 1 saturated heterocycles. The van der Waals surface area contributed by atoms with E-state index in [0.29, 0.717) is 18.4 Å². The number of nitrogens with zero attached hydrogens (tertiary/aromatic N) is 3. The molecule has 1 aliphatic rings. The average molecular weight is 258 g/mol. The molecule has 1 aromatic carbocycles. The molecule has 1 aromatic heterocycles. The summed E-state index contributed by atoms with van der Waals surface area (Å²) >= 11 is 0. The Labute approximate surface area is 112 Å². The summed E-state index contributed by atoms with van der Waals surface area (Å²) in [6.45, 7) is 2.69. The minimum Gasteiger partial charge on any atom is -0.338 e. The zero-order valence-corrected chi connectivity index (χ0v) is 10.9. The van der Waals surface area contributed by atoms with Gasteiger partial charge in [0.2, 0.25) is 0 Å². The lowest BCUT2D eigenvalue weighted by molar-refractivity contribution is 0.430. The maximum atomic E-state index is 5.58. The van der Waals surface area contributed by atoms with Crippen LogP contribution in [0.4, 0.5) is 5.95 Å². The molecule has 2 aromatic rings. The molecule has 100 valence electrons. The molecule has 0 amide bonds. The SMILES string of the molecule is NCCc1cccc(-c2nc(N3CCCC3)no2)c1. The second-order valence-corrected chi connectivity index (χ2v) is 4.83. The zero-order valence-electron chi connectivity index (χ0n) is 10.9. The van der Waals surface area contributed by atoms with Gasteiger partial charge in [0.05, 0.1) is 0 Å². The molecule has 0 saturated carbocycles. The summed E-state index contributed by atoms with van der Waals surface area (Å²) in [6.07, 6.45) is 3.27. The topological polar surface area (TPSA) is 68.2 Å². The van der Waals surface area contributed by atoms with Crippen LogP contribution in [0.5, 0.6) is 0 Å². The van der Waals surface area contributed by atoms with Gasteiger partial charge in [0, 0.05) is 18.7 Å². The number of hydrogen-bond acceptors (Lipinski definition) is 5. The van der Waals surface area contributed by atoms with Crippen molar-refractivity contribution in [1.82, 2.24) is 10.1 Å². The number of aromatic nitrogens is 2. The Hall–Kier alpha value is -1.88. The van der Waals surface area contributed by atoms with Crippen molar-refractivity contribution in [2.24, 2.45) is 5.73 Å². The summed E-state index contributed by atoms with van der Waals surface area (Å²) in [5.41, 5.74) is 7.74. The fraction of sp³-hybridized carbons (Fsp3) is 0.429. The number of rotatable bonds is 4. The number of nitrogens with two attached hydrogens (primary N) is 1. The van der Waals surface area contributed by atoms with Crippen molar-refractivity contribution in [2.45, 2.75) is 19.3 Å². The van der Waals surface area contributed by atoms with Crippen LogP contribution in [0, 0.1) is 0 Å². The Morgan fingerprint density at radius 1 is 1.26 bits per heavy atom. The van der Waals surface area contributed by atoms with Gasteiger partial charge >= 0.3 is 0 Å². The van der Waals surface area contributed by atoms with E-state index in [4.69, 9.17) is 10.3 Å². The molecule has 1 aliphatic heterocycles. The molecule has 0 aliphatic carbocycles. The van der Waals surface area contributed by atoms with Crippen molar-refractivity contribution >= 4 is 5.95 Å². The van der Waals surface area contributed by atoms with Crippen LogP contribution in [0.15, 0.2) is 28.8 Å². The lowest BCUT2D eigenvalue weighted by Crippen LogP contribution is -2.18. The first-order valence-electron chi connectivity index (χ1n) is 6.75. The van der Waals surface area contributed by atoms with E-state index in [2.05, 4.69) is 27.2 Å². The summed E-state index contributed by atoms with van der Waals surface area (Å²) in [7, 11) is 0. The summed E-state index contributed by atoms with van der Waals surface area (Å²) in [5, 5.41) is 4.07. The van der Waals surface area contributed by atoms with Gasteiger partial charge in [-0.3, -0.25) is 0 Å². The first-order valence-corrected chi connectivity index (χ1v) is 6.75. The van der Waals surface area contributed by atoms with Gasteiger partial charge in [0.25, 0.3) is 11.8 Å². The first-order chi connectivity index (χ1) is 9.36. The Morgan fingerprint density at radius 3 is 2.89 bits per heavy atom. The van der Waals surface area contributed by atoms with E-state index in [1.165, 1.54) is 18.4 Å². The van der Waals surface area contributed by atoms with Crippen LogP contribution in [0.25, 0.3) is 11.5 Å². The second kappa shape index (κ2) is 5.40. The molecule has 2 N–H and O–H groups in total. The van der Waals surface area contributed by atoms with Crippen molar-refractivity contribution in [2.75, 3.05) is 24.5 Å². The Kier molecular flexibility index (Phi) is 3.46. The lowest BCUT2D eigenvalue weighted by atomic mass is 10.1. The molecule has 0 unspecified atom stereocenters. The zero-order chi connectivity index (χ0) is 13.1. The first kappa shape index (κ1) is 12.2. The Morgan fingerprint density at radius 2 is 2.11 bits per heavy atom. The molecule has 0 radical (unpaired) electrons. The predicted molar refractivity (Wildman–Crippen MR) is 73.9 cm³/mol. The van der Waals surface area contributed by atoms with E-state index < -0.39 is 0 Å². The van der Waals surface area contributed by atoms with Gasteiger partial charge < -0.3 is 15.2 Å². The normalized spacial score (nSPS) is 15.1. The molecule has 0 atom stereocenters. The number of hydrogen-bond donors (Lipinski definition) is 1. The molecular formula is C14H18N4O. The highest BCUT2D eigenvalue weighted by Gasteiger charge is 2.18. The minimum absolute atomic E-state index is 0.584. The van der Waals surface area contributed by atoms with Gasteiger partial charge in [-0.05, 0) is 48.7 Å². The summed E-state index contributed by atoms with van der Waals surface area (Å²) < 4.78 is 5.36. The van der Waals surface area contributed by atoms with Gasteiger partial charge in [-0.25, -0.2) is 0 Å². The van der Waals surface area contributed by atoms with E-state index in [1.54, 1.807) is 0 Å². The smallest absolute Gasteiger partial charge is 0.266 e. The van der Waals surface area contributed by atoms with Gasteiger partial charge in [0.15, 0.2) is 0 Å². The molecule has 0 spiro atoms. The van der Waals surface area contributed by atoms with E-state index >= 15 is 0 Å². The number of benzene rings is 1. The highest BCUT2D eigenvalue weighted by Crippen LogP contribution is 2.23. The largest absolute Gasteiger partial charge is 0.338 e. The second-order valence-electron chi connectivity index (χ2n) is 4.83. The Balaban J connectivity index is 1.83. The maximum absolute atomic E-state index is 5.58. The minimum atomic E-state index is 0.584. The van der Waals surface area contributed by atoms with Gasteiger partial charge in [-0.1, -0.05) is 12.1 Å².